The highest BCUT2D eigenvalue weighted by Crippen LogP contribution is 2.28. The minimum Gasteiger partial charge on any atom is -0.461 e. The Kier molecular flexibility index (Phi) is 3.05. The first-order valence-corrected chi connectivity index (χ1v) is 5.55. The zero-order valence-corrected chi connectivity index (χ0v) is 8.98. The molecule has 2 nitrogen and oxygen atoms in total. The van der Waals surface area contributed by atoms with Crippen LogP contribution in [0.5, 0.6) is 0 Å². The van der Waals surface area contributed by atoms with Crippen LogP contribution in [-0.2, 0) is 16.0 Å². The van der Waals surface area contributed by atoms with E-state index in [9.17, 15) is 4.79 Å². The van der Waals surface area contributed by atoms with Crippen LogP contribution in [0.15, 0.2) is 30.3 Å². The Morgan fingerprint density at radius 3 is 2.60 bits per heavy atom. The van der Waals surface area contributed by atoms with Crippen molar-refractivity contribution >= 4 is 5.97 Å². The predicted octanol–water partition coefficient (Wildman–Crippen LogP) is 2.57. The van der Waals surface area contributed by atoms with Gasteiger partial charge in [0.1, 0.15) is 6.10 Å². The molecule has 1 aliphatic rings. The van der Waals surface area contributed by atoms with Crippen LogP contribution >= 0.6 is 0 Å². The van der Waals surface area contributed by atoms with E-state index < -0.39 is 0 Å². The number of carbonyl (C=O) groups excluding carboxylic acids is 1. The molecule has 1 aromatic carbocycles. The maximum absolute atomic E-state index is 11.1. The Hall–Kier alpha value is -1.31. The molecule has 0 unspecified atom stereocenters. The van der Waals surface area contributed by atoms with Crippen molar-refractivity contribution in [3.63, 3.8) is 0 Å². The van der Waals surface area contributed by atoms with Crippen LogP contribution in [-0.4, -0.2) is 12.1 Å². The molecular weight excluding hydrogens is 188 g/mol. The highest BCUT2D eigenvalue weighted by Gasteiger charge is 2.40. The molecule has 2 rings (SSSR count). The fraction of sp³-hybridized carbons (Fsp3) is 0.462. The monoisotopic (exact) mass is 204 g/mol. The number of carbonyl (C=O) groups is 1. The lowest BCUT2D eigenvalue weighted by Gasteiger charge is -2.34. The molecule has 0 saturated carbocycles. The summed E-state index contributed by atoms with van der Waals surface area (Å²) in [6, 6.07) is 10.3. The number of benzene rings is 1. The van der Waals surface area contributed by atoms with Gasteiger partial charge in [0, 0.05) is 0 Å². The molecule has 2 atom stereocenters. The summed E-state index contributed by atoms with van der Waals surface area (Å²) in [7, 11) is 0. The summed E-state index contributed by atoms with van der Waals surface area (Å²) in [6.45, 7) is 2.04. The van der Waals surface area contributed by atoms with E-state index in [-0.39, 0.29) is 18.0 Å². The lowest BCUT2D eigenvalue weighted by Crippen LogP contribution is -2.44. The fourth-order valence-corrected chi connectivity index (χ4v) is 2.04. The summed E-state index contributed by atoms with van der Waals surface area (Å²) in [4.78, 5) is 11.1. The largest absolute Gasteiger partial charge is 0.461 e. The highest BCUT2D eigenvalue weighted by atomic mass is 16.6. The Labute approximate surface area is 90.3 Å². The lowest BCUT2D eigenvalue weighted by atomic mass is 9.90. The van der Waals surface area contributed by atoms with Crippen LogP contribution in [0.4, 0.5) is 0 Å². The number of ether oxygens (including phenoxy) is 1. The smallest absolute Gasteiger partial charge is 0.312 e. The zero-order chi connectivity index (χ0) is 10.7. The van der Waals surface area contributed by atoms with Gasteiger partial charge in [0.15, 0.2) is 0 Å². The Morgan fingerprint density at radius 2 is 2.00 bits per heavy atom. The molecule has 0 spiro atoms. The Balaban J connectivity index is 1.82. The predicted molar refractivity (Wildman–Crippen MR) is 58.4 cm³/mol. The second kappa shape index (κ2) is 4.47. The van der Waals surface area contributed by atoms with Gasteiger partial charge in [0.2, 0.25) is 0 Å². The average Bonchev–Trinajstić information content (AvgIpc) is 2.26. The van der Waals surface area contributed by atoms with Crippen LogP contribution in [0.2, 0.25) is 0 Å². The fourth-order valence-electron chi connectivity index (χ4n) is 2.04. The summed E-state index contributed by atoms with van der Waals surface area (Å²) < 4.78 is 5.13. The lowest BCUT2D eigenvalue weighted by molar-refractivity contribution is -0.185. The van der Waals surface area contributed by atoms with E-state index in [2.05, 4.69) is 12.1 Å². The first-order chi connectivity index (χ1) is 7.31. The molecule has 0 bridgehead atoms. The molecule has 2 heteroatoms. The molecule has 0 radical (unpaired) electrons. The number of hydrogen-bond acceptors (Lipinski definition) is 2. The van der Waals surface area contributed by atoms with Crippen molar-refractivity contribution in [2.75, 3.05) is 0 Å². The average molecular weight is 204 g/mol. The third-order valence-electron chi connectivity index (χ3n) is 3.02. The number of cyclic esters (lactones) is 1. The van der Waals surface area contributed by atoms with E-state index in [0.717, 1.165) is 19.3 Å². The third kappa shape index (κ3) is 2.20. The zero-order valence-electron chi connectivity index (χ0n) is 8.98. The number of aryl methyl sites for hydroxylation is 1. The molecular formula is C13H16O2. The van der Waals surface area contributed by atoms with Gasteiger partial charge < -0.3 is 4.74 Å². The van der Waals surface area contributed by atoms with Crippen LogP contribution in [0.1, 0.15) is 25.3 Å². The van der Waals surface area contributed by atoms with E-state index in [4.69, 9.17) is 4.74 Å². The van der Waals surface area contributed by atoms with Crippen LogP contribution in [0, 0.1) is 5.92 Å². The SMILES string of the molecule is CC[C@H]1C(=O)O[C@H]1CCc1ccccc1. The van der Waals surface area contributed by atoms with Gasteiger partial charge in [0.05, 0.1) is 5.92 Å². The molecule has 1 fully saturated rings. The van der Waals surface area contributed by atoms with Crippen LogP contribution < -0.4 is 0 Å². The molecule has 0 aliphatic carbocycles. The molecule has 1 aromatic rings. The second-order valence-electron chi connectivity index (χ2n) is 4.01. The summed E-state index contributed by atoms with van der Waals surface area (Å²) in [6.07, 6.45) is 3.00. The summed E-state index contributed by atoms with van der Waals surface area (Å²) in [5.41, 5.74) is 1.32. The molecule has 0 N–H and O–H groups in total. The first-order valence-electron chi connectivity index (χ1n) is 5.55. The van der Waals surface area contributed by atoms with Gasteiger partial charge in [-0.3, -0.25) is 4.79 Å². The quantitative estimate of drug-likeness (QED) is 0.704. The number of rotatable bonds is 4. The van der Waals surface area contributed by atoms with Crippen molar-refractivity contribution in [2.24, 2.45) is 5.92 Å². The number of hydrogen-bond donors (Lipinski definition) is 0. The second-order valence-corrected chi connectivity index (χ2v) is 4.01. The van der Waals surface area contributed by atoms with Gasteiger partial charge in [-0.25, -0.2) is 0 Å². The van der Waals surface area contributed by atoms with Gasteiger partial charge in [0.25, 0.3) is 0 Å². The van der Waals surface area contributed by atoms with E-state index in [0.29, 0.717) is 0 Å². The Bertz CT molecular complexity index is 332. The molecule has 1 aliphatic heterocycles. The molecule has 15 heavy (non-hydrogen) atoms. The van der Waals surface area contributed by atoms with E-state index in [1.807, 2.05) is 25.1 Å². The molecule has 1 heterocycles. The Morgan fingerprint density at radius 1 is 1.27 bits per heavy atom. The van der Waals surface area contributed by atoms with Crippen molar-refractivity contribution in [1.82, 2.24) is 0 Å². The van der Waals surface area contributed by atoms with Crippen LogP contribution in [0.3, 0.4) is 0 Å². The van der Waals surface area contributed by atoms with E-state index in [1.54, 1.807) is 0 Å². The van der Waals surface area contributed by atoms with Gasteiger partial charge >= 0.3 is 5.97 Å². The van der Waals surface area contributed by atoms with E-state index >= 15 is 0 Å². The molecule has 1 saturated heterocycles. The van der Waals surface area contributed by atoms with Gasteiger partial charge in [-0.15, -0.1) is 0 Å². The maximum atomic E-state index is 11.1. The van der Waals surface area contributed by atoms with Crippen molar-refractivity contribution in [3.8, 4) is 0 Å². The molecule has 0 amide bonds. The van der Waals surface area contributed by atoms with Gasteiger partial charge in [-0.2, -0.15) is 0 Å². The minimum absolute atomic E-state index is 0.0180. The molecule has 80 valence electrons. The first kappa shape index (κ1) is 10.2. The topological polar surface area (TPSA) is 26.3 Å². The summed E-state index contributed by atoms with van der Waals surface area (Å²) >= 11 is 0. The van der Waals surface area contributed by atoms with Gasteiger partial charge in [-0.1, -0.05) is 37.3 Å². The summed E-state index contributed by atoms with van der Waals surface area (Å²) in [5.74, 6) is 0.129. The standard InChI is InChI=1S/C13H16O2/c1-2-11-12(15-13(11)14)9-8-10-6-4-3-5-7-10/h3-7,11-12H,2,8-9H2,1H3/t11-,12+/m1/s1. The van der Waals surface area contributed by atoms with Crippen molar-refractivity contribution in [1.29, 1.82) is 0 Å². The maximum Gasteiger partial charge on any atom is 0.312 e. The highest BCUT2D eigenvalue weighted by molar-refractivity contribution is 5.78. The minimum atomic E-state index is -0.0180. The van der Waals surface area contributed by atoms with Crippen molar-refractivity contribution < 1.29 is 9.53 Å². The normalized spacial score (nSPS) is 24.5. The van der Waals surface area contributed by atoms with Crippen LogP contribution in [0.25, 0.3) is 0 Å². The van der Waals surface area contributed by atoms with Crippen molar-refractivity contribution in [2.45, 2.75) is 32.3 Å². The molecule has 0 aromatic heterocycles. The van der Waals surface area contributed by atoms with E-state index in [1.165, 1.54) is 5.56 Å². The van der Waals surface area contributed by atoms with Gasteiger partial charge in [-0.05, 0) is 24.8 Å². The van der Waals surface area contributed by atoms with Crippen molar-refractivity contribution in [3.05, 3.63) is 35.9 Å². The summed E-state index contributed by atoms with van der Waals surface area (Å²) in [5, 5.41) is 0. The number of esters is 1. The third-order valence-corrected chi connectivity index (χ3v) is 3.02.